The van der Waals surface area contributed by atoms with Crippen LogP contribution in [0.1, 0.15) is 24.3 Å². The molecule has 6 heteroatoms. The van der Waals surface area contributed by atoms with Crippen LogP contribution in [0.2, 0.25) is 0 Å². The van der Waals surface area contributed by atoms with Gasteiger partial charge in [0.2, 0.25) is 0 Å². The van der Waals surface area contributed by atoms with Crippen molar-refractivity contribution in [2.45, 2.75) is 13.8 Å². The third-order valence-electron chi connectivity index (χ3n) is 2.76. The minimum atomic E-state index is -0.172. The van der Waals surface area contributed by atoms with Gasteiger partial charge in [0.1, 0.15) is 11.5 Å². The van der Waals surface area contributed by atoms with Crippen LogP contribution in [0, 0.1) is 0 Å². The van der Waals surface area contributed by atoms with Crippen molar-refractivity contribution in [2.75, 3.05) is 23.3 Å². The average molecular weight is 271 g/mol. The molecule has 0 aliphatic heterocycles. The summed E-state index contributed by atoms with van der Waals surface area (Å²) < 4.78 is 0. The normalized spacial score (nSPS) is 10.1. The SMILES string of the molecule is CCNc1cnc(C(=O)N(CC)c2ccncc2)cn1. The van der Waals surface area contributed by atoms with Gasteiger partial charge in [-0.25, -0.2) is 9.97 Å². The van der Waals surface area contributed by atoms with Gasteiger partial charge in [-0.1, -0.05) is 0 Å². The first-order valence-electron chi connectivity index (χ1n) is 6.54. The molecule has 104 valence electrons. The topological polar surface area (TPSA) is 71.0 Å². The number of carbonyl (C=O) groups excluding carboxylic acids is 1. The quantitative estimate of drug-likeness (QED) is 0.900. The number of rotatable bonds is 5. The Bertz CT molecular complexity index is 556. The highest BCUT2D eigenvalue weighted by Crippen LogP contribution is 2.14. The molecule has 2 heterocycles. The highest BCUT2D eigenvalue weighted by molar-refractivity contribution is 6.04. The molecular weight excluding hydrogens is 254 g/mol. The molecule has 0 atom stereocenters. The second kappa shape index (κ2) is 6.60. The van der Waals surface area contributed by atoms with Crippen molar-refractivity contribution in [1.82, 2.24) is 15.0 Å². The smallest absolute Gasteiger partial charge is 0.278 e. The Morgan fingerprint density at radius 2 is 1.95 bits per heavy atom. The van der Waals surface area contributed by atoms with Crippen LogP contribution in [0.3, 0.4) is 0 Å². The van der Waals surface area contributed by atoms with Crippen LogP contribution in [-0.2, 0) is 0 Å². The molecule has 0 bridgehead atoms. The van der Waals surface area contributed by atoms with Crippen molar-refractivity contribution < 1.29 is 4.79 Å². The summed E-state index contributed by atoms with van der Waals surface area (Å²) >= 11 is 0. The Kier molecular flexibility index (Phi) is 4.60. The summed E-state index contributed by atoms with van der Waals surface area (Å²) in [7, 11) is 0. The van der Waals surface area contributed by atoms with E-state index in [0.717, 1.165) is 12.2 Å². The summed E-state index contributed by atoms with van der Waals surface area (Å²) in [6.45, 7) is 5.21. The fourth-order valence-electron chi connectivity index (χ4n) is 1.82. The molecule has 0 saturated heterocycles. The number of anilines is 2. The average Bonchev–Trinajstić information content (AvgIpc) is 2.50. The van der Waals surface area contributed by atoms with Crippen LogP contribution in [-0.4, -0.2) is 33.9 Å². The molecule has 0 spiro atoms. The molecule has 0 aliphatic rings. The van der Waals surface area contributed by atoms with Crippen molar-refractivity contribution >= 4 is 17.4 Å². The van der Waals surface area contributed by atoms with Crippen LogP contribution in [0.5, 0.6) is 0 Å². The van der Waals surface area contributed by atoms with Gasteiger partial charge in [0.15, 0.2) is 0 Å². The monoisotopic (exact) mass is 271 g/mol. The molecule has 1 amide bonds. The molecule has 2 aromatic heterocycles. The summed E-state index contributed by atoms with van der Waals surface area (Å²) in [5.74, 6) is 0.491. The maximum atomic E-state index is 12.4. The zero-order valence-corrected chi connectivity index (χ0v) is 11.6. The molecule has 0 fully saturated rings. The zero-order chi connectivity index (χ0) is 14.4. The van der Waals surface area contributed by atoms with Crippen molar-refractivity contribution in [3.05, 3.63) is 42.6 Å². The Hall–Kier alpha value is -2.50. The Labute approximate surface area is 117 Å². The van der Waals surface area contributed by atoms with Crippen LogP contribution in [0.25, 0.3) is 0 Å². The van der Waals surface area contributed by atoms with Gasteiger partial charge < -0.3 is 10.2 Å². The number of carbonyl (C=O) groups is 1. The molecule has 1 N–H and O–H groups in total. The van der Waals surface area contributed by atoms with E-state index in [0.29, 0.717) is 18.1 Å². The van der Waals surface area contributed by atoms with E-state index in [2.05, 4.69) is 20.3 Å². The number of pyridine rings is 1. The van der Waals surface area contributed by atoms with Crippen molar-refractivity contribution in [3.63, 3.8) is 0 Å². The Morgan fingerprint density at radius 3 is 2.50 bits per heavy atom. The minimum absolute atomic E-state index is 0.172. The Balaban J connectivity index is 2.20. The molecule has 0 aromatic carbocycles. The Morgan fingerprint density at radius 1 is 1.20 bits per heavy atom. The molecule has 2 rings (SSSR count). The van der Waals surface area contributed by atoms with Gasteiger partial charge in [0.25, 0.3) is 5.91 Å². The molecule has 6 nitrogen and oxygen atoms in total. The van der Waals surface area contributed by atoms with Crippen LogP contribution >= 0.6 is 0 Å². The second-order valence-corrected chi connectivity index (χ2v) is 4.07. The fraction of sp³-hybridized carbons (Fsp3) is 0.286. The first kappa shape index (κ1) is 13.9. The van der Waals surface area contributed by atoms with E-state index in [1.54, 1.807) is 35.6 Å². The maximum Gasteiger partial charge on any atom is 0.278 e. The number of hydrogen-bond donors (Lipinski definition) is 1. The van der Waals surface area contributed by atoms with Crippen molar-refractivity contribution in [3.8, 4) is 0 Å². The van der Waals surface area contributed by atoms with Crippen LogP contribution < -0.4 is 10.2 Å². The van der Waals surface area contributed by atoms with Crippen LogP contribution in [0.4, 0.5) is 11.5 Å². The first-order chi connectivity index (χ1) is 9.76. The predicted octanol–water partition coefficient (Wildman–Crippen LogP) is 1.97. The van der Waals surface area contributed by atoms with Gasteiger partial charge in [0.05, 0.1) is 12.4 Å². The number of nitrogens with one attached hydrogen (secondary N) is 1. The highest BCUT2D eigenvalue weighted by Gasteiger charge is 2.17. The van der Waals surface area contributed by atoms with Crippen molar-refractivity contribution in [2.24, 2.45) is 0 Å². The zero-order valence-electron chi connectivity index (χ0n) is 11.6. The second-order valence-electron chi connectivity index (χ2n) is 4.07. The van der Waals surface area contributed by atoms with Crippen LogP contribution in [0.15, 0.2) is 36.9 Å². The number of amides is 1. The lowest BCUT2D eigenvalue weighted by Gasteiger charge is -2.20. The third kappa shape index (κ3) is 3.09. The molecule has 0 unspecified atom stereocenters. The van der Waals surface area contributed by atoms with Gasteiger partial charge in [-0.15, -0.1) is 0 Å². The molecule has 0 aliphatic carbocycles. The number of hydrogen-bond acceptors (Lipinski definition) is 5. The van der Waals surface area contributed by atoms with E-state index < -0.39 is 0 Å². The van der Waals surface area contributed by atoms with Gasteiger partial charge in [-0.3, -0.25) is 9.78 Å². The molecular formula is C14H17N5O. The lowest BCUT2D eigenvalue weighted by Crippen LogP contribution is -2.31. The van der Waals surface area contributed by atoms with Gasteiger partial charge in [0, 0.05) is 31.2 Å². The van der Waals surface area contributed by atoms with E-state index in [1.807, 2.05) is 13.8 Å². The lowest BCUT2D eigenvalue weighted by atomic mass is 10.3. The summed E-state index contributed by atoms with van der Waals surface area (Å²) in [6.07, 6.45) is 6.37. The predicted molar refractivity (Wildman–Crippen MR) is 77.8 cm³/mol. The third-order valence-corrected chi connectivity index (χ3v) is 2.76. The summed E-state index contributed by atoms with van der Waals surface area (Å²) in [5, 5.41) is 3.04. The summed E-state index contributed by atoms with van der Waals surface area (Å²) in [5.41, 5.74) is 1.12. The fourth-order valence-corrected chi connectivity index (χ4v) is 1.82. The van der Waals surface area contributed by atoms with Gasteiger partial charge in [-0.05, 0) is 26.0 Å². The largest absolute Gasteiger partial charge is 0.369 e. The summed E-state index contributed by atoms with van der Waals surface area (Å²) in [6, 6.07) is 3.59. The molecule has 2 aromatic rings. The summed E-state index contributed by atoms with van der Waals surface area (Å²) in [4.78, 5) is 26.3. The van der Waals surface area contributed by atoms with E-state index in [4.69, 9.17) is 0 Å². The minimum Gasteiger partial charge on any atom is -0.369 e. The van der Waals surface area contributed by atoms with E-state index in [-0.39, 0.29) is 5.91 Å². The van der Waals surface area contributed by atoms with Crippen molar-refractivity contribution in [1.29, 1.82) is 0 Å². The number of nitrogens with zero attached hydrogens (tertiary/aromatic N) is 4. The van der Waals surface area contributed by atoms with Gasteiger partial charge >= 0.3 is 0 Å². The highest BCUT2D eigenvalue weighted by atomic mass is 16.2. The molecule has 20 heavy (non-hydrogen) atoms. The van der Waals surface area contributed by atoms with E-state index in [1.165, 1.54) is 6.20 Å². The number of aromatic nitrogens is 3. The standard InChI is InChI=1S/C14H17N5O/c1-3-16-13-10-17-12(9-18-13)14(20)19(4-2)11-5-7-15-8-6-11/h5-10H,3-4H2,1-2H3,(H,16,18). The van der Waals surface area contributed by atoms with E-state index in [9.17, 15) is 4.79 Å². The van der Waals surface area contributed by atoms with E-state index >= 15 is 0 Å². The lowest BCUT2D eigenvalue weighted by molar-refractivity contribution is 0.0983. The maximum absolute atomic E-state index is 12.4. The molecule has 0 saturated carbocycles. The van der Waals surface area contributed by atoms with Gasteiger partial charge in [-0.2, -0.15) is 0 Å². The molecule has 0 radical (unpaired) electrons. The first-order valence-corrected chi connectivity index (χ1v) is 6.54.